The average molecular weight is 344 g/mol. The van der Waals surface area contributed by atoms with E-state index in [1.165, 1.54) is 0 Å². The van der Waals surface area contributed by atoms with Gasteiger partial charge in [0, 0.05) is 11.6 Å². The zero-order valence-electron chi connectivity index (χ0n) is 12.6. The second-order valence-corrected chi connectivity index (χ2v) is 5.41. The highest BCUT2D eigenvalue weighted by atomic mass is 35.5. The zero-order chi connectivity index (χ0) is 16.8. The van der Waals surface area contributed by atoms with E-state index in [-0.39, 0.29) is 6.61 Å². The first-order valence-electron chi connectivity index (χ1n) is 7.24. The van der Waals surface area contributed by atoms with Gasteiger partial charge in [0.15, 0.2) is 12.4 Å². The largest absolute Gasteiger partial charge is 0.489 e. The summed E-state index contributed by atoms with van der Waals surface area (Å²) in [6, 6.07) is 16.9. The lowest BCUT2D eigenvalue weighted by Crippen LogP contribution is -1.95. The molecule has 0 aliphatic rings. The fourth-order valence-electron chi connectivity index (χ4n) is 2.16. The molecule has 2 aromatic carbocycles. The average Bonchev–Trinajstić information content (AvgIpc) is 3.08. The Morgan fingerprint density at radius 1 is 1.08 bits per heavy atom. The molecule has 0 fully saturated rings. The Bertz CT molecular complexity index is 817. The van der Waals surface area contributed by atoms with Crippen LogP contribution in [0.5, 0.6) is 5.75 Å². The van der Waals surface area contributed by atoms with Crippen molar-refractivity contribution in [2.24, 2.45) is 0 Å². The molecule has 5 nitrogen and oxygen atoms in total. The van der Waals surface area contributed by atoms with Gasteiger partial charge in [-0.15, -0.1) is 0 Å². The molecule has 0 amide bonds. The second-order valence-electron chi connectivity index (χ2n) is 5.00. The van der Waals surface area contributed by atoms with E-state index in [0.29, 0.717) is 40.9 Å². The maximum atomic E-state index is 10.2. The molecule has 6 heteroatoms. The molecule has 0 aliphatic heterocycles. The standard InChI is InChI=1S/C18H14ClNO4/c19-17-8-14(23-10-13-4-2-1-3-5-13)6-7-16(17)18-9-15(24-20-18)11-22-12-21/h1-9,12H,10-11H2. The summed E-state index contributed by atoms with van der Waals surface area (Å²) in [6.45, 7) is 0.855. The first-order chi connectivity index (χ1) is 11.8. The smallest absolute Gasteiger partial charge is 0.293 e. The predicted octanol–water partition coefficient (Wildman–Crippen LogP) is 4.25. The van der Waals surface area contributed by atoms with Gasteiger partial charge in [0.05, 0.1) is 5.02 Å². The molecule has 0 bridgehead atoms. The molecule has 0 unspecified atom stereocenters. The highest BCUT2D eigenvalue weighted by molar-refractivity contribution is 6.33. The Labute approximate surface area is 143 Å². The number of carbonyl (C=O) groups excluding carboxylic acids is 1. The Morgan fingerprint density at radius 2 is 1.92 bits per heavy atom. The van der Waals surface area contributed by atoms with E-state index < -0.39 is 0 Å². The van der Waals surface area contributed by atoms with E-state index in [1.54, 1.807) is 12.1 Å². The molecule has 0 spiro atoms. The summed E-state index contributed by atoms with van der Waals surface area (Å²) < 4.78 is 15.4. The lowest BCUT2D eigenvalue weighted by molar-refractivity contribution is -0.130. The maximum absolute atomic E-state index is 10.2. The molecular formula is C18H14ClNO4. The third-order valence-corrected chi connectivity index (χ3v) is 3.63. The van der Waals surface area contributed by atoms with Crippen LogP contribution in [-0.4, -0.2) is 11.6 Å². The number of hydrogen-bond acceptors (Lipinski definition) is 5. The van der Waals surface area contributed by atoms with Crippen LogP contribution in [0.3, 0.4) is 0 Å². The van der Waals surface area contributed by atoms with Crippen LogP contribution in [-0.2, 0) is 22.7 Å². The minimum absolute atomic E-state index is 0.0341. The van der Waals surface area contributed by atoms with Crippen LogP contribution in [0.15, 0.2) is 59.1 Å². The summed E-state index contributed by atoms with van der Waals surface area (Å²) in [5.41, 5.74) is 2.36. The van der Waals surface area contributed by atoms with Gasteiger partial charge in [0.1, 0.15) is 18.1 Å². The molecule has 0 saturated heterocycles. The van der Waals surface area contributed by atoms with Crippen molar-refractivity contribution < 1.29 is 18.8 Å². The van der Waals surface area contributed by atoms with E-state index in [2.05, 4.69) is 9.89 Å². The fourth-order valence-corrected chi connectivity index (χ4v) is 2.43. The molecule has 0 atom stereocenters. The van der Waals surface area contributed by atoms with Gasteiger partial charge in [0.2, 0.25) is 0 Å². The molecule has 3 rings (SSSR count). The highest BCUT2D eigenvalue weighted by Gasteiger charge is 2.11. The van der Waals surface area contributed by atoms with Crippen molar-refractivity contribution in [2.45, 2.75) is 13.2 Å². The molecule has 3 aromatic rings. The summed E-state index contributed by atoms with van der Waals surface area (Å²) in [5, 5.41) is 4.42. The summed E-state index contributed by atoms with van der Waals surface area (Å²) in [5.74, 6) is 1.11. The summed E-state index contributed by atoms with van der Waals surface area (Å²) in [7, 11) is 0. The predicted molar refractivity (Wildman–Crippen MR) is 88.6 cm³/mol. The van der Waals surface area contributed by atoms with Crippen LogP contribution in [0.4, 0.5) is 0 Å². The highest BCUT2D eigenvalue weighted by Crippen LogP contribution is 2.31. The van der Waals surface area contributed by atoms with Crippen LogP contribution in [0.25, 0.3) is 11.3 Å². The van der Waals surface area contributed by atoms with Gasteiger partial charge >= 0.3 is 0 Å². The lowest BCUT2D eigenvalue weighted by atomic mass is 10.1. The number of ether oxygens (including phenoxy) is 2. The number of benzene rings is 2. The van der Waals surface area contributed by atoms with Gasteiger partial charge in [-0.2, -0.15) is 0 Å². The summed E-state index contributed by atoms with van der Waals surface area (Å²) in [6.07, 6.45) is 0. The zero-order valence-corrected chi connectivity index (χ0v) is 13.4. The Kier molecular flexibility index (Phi) is 5.13. The van der Waals surface area contributed by atoms with Gasteiger partial charge in [-0.1, -0.05) is 47.1 Å². The molecule has 24 heavy (non-hydrogen) atoms. The normalized spacial score (nSPS) is 10.4. The van der Waals surface area contributed by atoms with Crippen LogP contribution >= 0.6 is 11.6 Å². The molecule has 0 saturated carbocycles. The van der Waals surface area contributed by atoms with Crippen LogP contribution in [0.2, 0.25) is 5.02 Å². The minimum Gasteiger partial charge on any atom is -0.489 e. The number of halogens is 1. The lowest BCUT2D eigenvalue weighted by Gasteiger charge is -2.08. The SMILES string of the molecule is O=COCc1cc(-c2ccc(OCc3ccccc3)cc2Cl)no1. The van der Waals surface area contributed by atoms with Crippen molar-refractivity contribution in [1.29, 1.82) is 0 Å². The van der Waals surface area contributed by atoms with Crippen LogP contribution in [0.1, 0.15) is 11.3 Å². The molecule has 1 heterocycles. The van der Waals surface area contributed by atoms with Crippen molar-refractivity contribution >= 4 is 18.1 Å². The minimum atomic E-state index is 0.0341. The molecule has 0 aliphatic carbocycles. The summed E-state index contributed by atoms with van der Waals surface area (Å²) in [4.78, 5) is 10.2. The van der Waals surface area contributed by atoms with Crippen LogP contribution in [0, 0.1) is 0 Å². The van der Waals surface area contributed by atoms with Gasteiger partial charge in [-0.3, -0.25) is 4.79 Å². The van der Waals surface area contributed by atoms with Crippen molar-refractivity contribution in [3.05, 3.63) is 70.9 Å². The number of hydrogen-bond donors (Lipinski definition) is 0. The van der Waals surface area contributed by atoms with Crippen molar-refractivity contribution in [1.82, 2.24) is 5.16 Å². The van der Waals surface area contributed by atoms with E-state index in [1.807, 2.05) is 42.5 Å². The number of rotatable bonds is 7. The first-order valence-corrected chi connectivity index (χ1v) is 7.61. The number of nitrogens with zero attached hydrogens (tertiary/aromatic N) is 1. The maximum Gasteiger partial charge on any atom is 0.293 e. The van der Waals surface area contributed by atoms with E-state index >= 15 is 0 Å². The topological polar surface area (TPSA) is 61.6 Å². The number of aromatic nitrogens is 1. The quantitative estimate of drug-likeness (QED) is 0.600. The first kappa shape index (κ1) is 16.1. The van der Waals surface area contributed by atoms with Crippen molar-refractivity contribution in [3.8, 4) is 17.0 Å². The van der Waals surface area contributed by atoms with Crippen molar-refractivity contribution in [3.63, 3.8) is 0 Å². The monoisotopic (exact) mass is 343 g/mol. The molecule has 0 N–H and O–H groups in total. The number of carbonyl (C=O) groups is 1. The second kappa shape index (κ2) is 7.66. The third kappa shape index (κ3) is 3.94. The molecule has 0 radical (unpaired) electrons. The molecule has 1 aromatic heterocycles. The van der Waals surface area contributed by atoms with Crippen LogP contribution < -0.4 is 4.74 Å². The molecular weight excluding hydrogens is 330 g/mol. The van der Waals surface area contributed by atoms with E-state index in [9.17, 15) is 4.79 Å². The van der Waals surface area contributed by atoms with Crippen molar-refractivity contribution in [2.75, 3.05) is 0 Å². The van der Waals surface area contributed by atoms with Gasteiger partial charge in [-0.05, 0) is 23.8 Å². The van der Waals surface area contributed by atoms with E-state index in [4.69, 9.17) is 20.9 Å². The van der Waals surface area contributed by atoms with Gasteiger partial charge < -0.3 is 14.0 Å². The molecule has 122 valence electrons. The Balaban J connectivity index is 1.70. The van der Waals surface area contributed by atoms with Gasteiger partial charge in [-0.25, -0.2) is 0 Å². The Morgan fingerprint density at radius 3 is 2.67 bits per heavy atom. The summed E-state index contributed by atoms with van der Waals surface area (Å²) >= 11 is 6.31. The Hall–Kier alpha value is -2.79. The fraction of sp³-hybridized carbons (Fsp3) is 0.111. The van der Waals surface area contributed by atoms with Gasteiger partial charge in [0.25, 0.3) is 6.47 Å². The third-order valence-electron chi connectivity index (χ3n) is 3.32. The van der Waals surface area contributed by atoms with E-state index in [0.717, 1.165) is 5.56 Å².